The first-order valence-corrected chi connectivity index (χ1v) is 7.07. The molecule has 1 aromatic heterocycles. The average molecular weight is 249 g/mol. The minimum absolute atomic E-state index is 0.130. The van der Waals surface area contributed by atoms with Crippen LogP contribution in [0.2, 0.25) is 0 Å². The molecular formula is C16H27NO. The van der Waals surface area contributed by atoms with Crippen LogP contribution in [0.15, 0.2) is 6.07 Å². The lowest BCUT2D eigenvalue weighted by Crippen LogP contribution is -2.33. The van der Waals surface area contributed by atoms with E-state index >= 15 is 0 Å². The summed E-state index contributed by atoms with van der Waals surface area (Å²) in [5.41, 5.74) is 4.11. The van der Waals surface area contributed by atoms with E-state index < -0.39 is 0 Å². The molecule has 0 amide bonds. The minimum atomic E-state index is -0.295. The number of aromatic nitrogens is 1. The second kappa shape index (κ2) is 4.12. The van der Waals surface area contributed by atoms with Gasteiger partial charge in [-0.2, -0.15) is 0 Å². The predicted octanol–water partition coefficient (Wildman–Crippen LogP) is 3.95. The van der Waals surface area contributed by atoms with Gasteiger partial charge in [-0.3, -0.25) is 0 Å². The van der Waals surface area contributed by atoms with Crippen LogP contribution in [0.1, 0.15) is 70.5 Å². The van der Waals surface area contributed by atoms with Gasteiger partial charge in [-0.05, 0) is 51.5 Å². The van der Waals surface area contributed by atoms with Crippen LogP contribution in [-0.2, 0) is 12.0 Å². The number of aliphatic hydroxyl groups excluding tert-OH is 1. The molecule has 18 heavy (non-hydrogen) atoms. The molecule has 1 heterocycles. The zero-order valence-corrected chi connectivity index (χ0v) is 12.7. The van der Waals surface area contributed by atoms with Gasteiger partial charge in [0.2, 0.25) is 0 Å². The second-order valence-electron chi connectivity index (χ2n) is 7.25. The lowest BCUT2D eigenvalue weighted by Gasteiger charge is -2.37. The molecule has 2 nitrogen and oxygen atoms in total. The summed E-state index contributed by atoms with van der Waals surface area (Å²) in [6, 6.07) is 2.19. The van der Waals surface area contributed by atoms with Crippen LogP contribution in [0.5, 0.6) is 0 Å². The van der Waals surface area contributed by atoms with Crippen molar-refractivity contribution in [2.75, 3.05) is 0 Å². The Kier molecular flexibility index (Phi) is 3.13. The summed E-state index contributed by atoms with van der Waals surface area (Å²) in [6.07, 6.45) is 2.74. The van der Waals surface area contributed by atoms with Gasteiger partial charge >= 0.3 is 0 Å². The Labute approximate surface area is 111 Å². The summed E-state index contributed by atoms with van der Waals surface area (Å²) in [7, 11) is 0. The third kappa shape index (κ3) is 2.11. The van der Waals surface area contributed by atoms with Crippen molar-refractivity contribution in [3.05, 3.63) is 23.0 Å². The van der Waals surface area contributed by atoms with Gasteiger partial charge in [-0.15, -0.1) is 0 Å². The van der Waals surface area contributed by atoms with Gasteiger partial charge in [-0.25, -0.2) is 0 Å². The molecule has 1 aliphatic rings. The molecule has 0 spiro atoms. The smallest absolute Gasteiger partial charge is 0.0812 e. The molecule has 0 saturated carbocycles. The highest BCUT2D eigenvalue weighted by atomic mass is 16.3. The maximum absolute atomic E-state index is 10.4. The van der Waals surface area contributed by atoms with Crippen LogP contribution in [0.3, 0.4) is 0 Å². The summed E-state index contributed by atoms with van der Waals surface area (Å²) in [5.74, 6) is 0. The number of nitrogens with zero attached hydrogens (tertiary/aromatic N) is 1. The van der Waals surface area contributed by atoms with Gasteiger partial charge in [0.25, 0.3) is 0 Å². The zero-order chi connectivity index (χ0) is 13.7. The summed E-state index contributed by atoms with van der Waals surface area (Å²) in [6.45, 7) is 13.5. The molecule has 0 aliphatic heterocycles. The maximum Gasteiger partial charge on any atom is 0.0812 e. The Morgan fingerprint density at radius 1 is 1.44 bits per heavy atom. The topological polar surface area (TPSA) is 25.2 Å². The molecule has 0 fully saturated rings. The van der Waals surface area contributed by atoms with E-state index in [4.69, 9.17) is 0 Å². The molecule has 1 aliphatic carbocycles. The van der Waals surface area contributed by atoms with E-state index in [1.807, 2.05) is 0 Å². The molecule has 2 heteroatoms. The maximum atomic E-state index is 10.4. The van der Waals surface area contributed by atoms with E-state index in [1.165, 1.54) is 11.4 Å². The van der Waals surface area contributed by atoms with E-state index in [-0.39, 0.29) is 17.1 Å². The molecule has 2 rings (SSSR count). The van der Waals surface area contributed by atoms with Gasteiger partial charge in [0.15, 0.2) is 0 Å². The number of hydrogen-bond donors (Lipinski definition) is 1. The Morgan fingerprint density at radius 3 is 2.61 bits per heavy atom. The van der Waals surface area contributed by atoms with Crippen molar-refractivity contribution in [3.8, 4) is 0 Å². The van der Waals surface area contributed by atoms with E-state index in [0.29, 0.717) is 0 Å². The van der Waals surface area contributed by atoms with E-state index in [1.54, 1.807) is 0 Å². The van der Waals surface area contributed by atoms with Crippen molar-refractivity contribution in [1.29, 1.82) is 0 Å². The fourth-order valence-electron chi connectivity index (χ4n) is 3.34. The summed E-state index contributed by atoms with van der Waals surface area (Å²) in [4.78, 5) is 0. The van der Waals surface area contributed by atoms with Gasteiger partial charge in [0.05, 0.1) is 6.10 Å². The van der Waals surface area contributed by atoms with Crippen LogP contribution >= 0.6 is 0 Å². The van der Waals surface area contributed by atoms with Crippen molar-refractivity contribution in [3.63, 3.8) is 0 Å². The summed E-state index contributed by atoms with van der Waals surface area (Å²) in [5, 5.41) is 10.4. The number of rotatable bonds is 2. The Hall–Kier alpha value is -0.760. The van der Waals surface area contributed by atoms with Crippen LogP contribution in [0.25, 0.3) is 0 Å². The minimum Gasteiger partial charge on any atom is -0.388 e. The molecule has 0 bridgehead atoms. The highest BCUT2D eigenvalue weighted by Crippen LogP contribution is 2.43. The van der Waals surface area contributed by atoms with Crippen molar-refractivity contribution in [2.24, 2.45) is 5.41 Å². The third-order valence-electron chi connectivity index (χ3n) is 4.54. The number of hydrogen-bond acceptors (Lipinski definition) is 1. The predicted molar refractivity (Wildman–Crippen MR) is 75.8 cm³/mol. The van der Waals surface area contributed by atoms with E-state index in [0.717, 1.165) is 24.8 Å². The monoisotopic (exact) mass is 249 g/mol. The first-order valence-electron chi connectivity index (χ1n) is 7.07. The normalized spacial score (nSPS) is 22.9. The average Bonchev–Trinajstić information content (AvgIpc) is 2.54. The number of aryl methyl sites for hydroxylation is 1. The van der Waals surface area contributed by atoms with E-state index in [9.17, 15) is 5.11 Å². The largest absolute Gasteiger partial charge is 0.388 e. The molecule has 0 aromatic carbocycles. The molecule has 1 unspecified atom stereocenters. The van der Waals surface area contributed by atoms with Crippen molar-refractivity contribution >= 4 is 0 Å². The number of aliphatic hydroxyl groups is 1. The Balaban J connectivity index is 2.58. The summed E-state index contributed by atoms with van der Waals surface area (Å²) < 4.78 is 2.45. The molecule has 0 radical (unpaired) electrons. The standard InChI is InChI=1S/C16H27NO/c1-7-16(5,6)17-11(2)8-12-13(17)9-15(3,4)10-14(12)18/h8,14,18H,7,9-10H2,1-6H3. The first kappa shape index (κ1) is 13.7. The molecule has 1 N–H and O–H groups in total. The summed E-state index contributed by atoms with van der Waals surface area (Å²) >= 11 is 0. The molecular weight excluding hydrogens is 222 g/mol. The van der Waals surface area contributed by atoms with Gasteiger partial charge < -0.3 is 9.67 Å². The van der Waals surface area contributed by atoms with Crippen molar-refractivity contribution in [1.82, 2.24) is 4.57 Å². The quantitative estimate of drug-likeness (QED) is 0.843. The number of fused-ring (bicyclic) bond motifs is 1. The van der Waals surface area contributed by atoms with Gasteiger partial charge in [0.1, 0.15) is 0 Å². The first-order chi connectivity index (χ1) is 8.18. The highest BCUT2D eigenvalue weighted by molar-refractivity contribution is 5.34. The van der Waals surface area contributed by atoms with Crippen molar-refractivity contribution < 1.29 is 5.11 Å². The van der Waals surface area contributed by atoms with E-state index in [2.05, 4.69) is 52.2 Å². The Bertz CT molecular complexity index is 454. The highest BCUT2D eigenvalue weighted by Gasteiger charge is 2.36. The molecule has 1 atom stereocenters. The Morgan fingerprint density at radius 2 is 2.06 bits per heavy atom. The van der Waals surface area contributed by atoms with Gasteiger partial charge in [-0.1, -0.05) is 20.8 Å². The van der Waals surface area contributed by atoms with Crippen LogP contribution in [0.4, 0.5) is 0 Å². The SMILES string of the molecule is CCC(C)(C)n1c(C)cc2c1CC(C)(C)CC2O. The lowest BCUT2D eigenvalue weighted by atomic mass is 9.75. The van der Waals surface area contributed by atoms with Crippen LogP contribution in [0, 0.1) is 12.3 Å². The van der Waals surface area contributed by atoms with Crippen LogP contribution < -0.4 is 0 Å². The third-order valence-corrected chi connectivity index (χ3v) is 4.54. The lowest BCUT2D eigenvalue weighted by molar-refractivity contribution is 0.0961. The van der Waals surface area contributed by atoms with Crippen LogP contribution in [-0.4, -0.2) is 9.67 Å². The zero-order valence-electron chi connectivity index (χ0n) is 12.7. The fourth-order valence-corrected chi connectivity index (χ4v) is 3.34. The molecule has 102 valence electrons. The fraction of sp³-hybridized carbons (Fsp3) is 0.750. The van der Waals surface area contributed by atoms with Gasteiger partial charge in [0, 0.05) is 22.5 Å². The molecule has 1 aromatic rings. The molecule has 0 saturated heterocycles. The second-order valence-corrected chi connectivity index (χ2v) is 7.25. The van der Waals surface area contributed by atoms with Crippen molar-refractivity contribution in [2.45, 2.75) is 72.4 Å².